The molecule has 0 aliphatic carbocycles. The molecule has 5 nitrogen and oxygen atoms in total. The highest BCUT2D eigenvalue weighted by Gasteiger charge is 2.19. The van der Waals surface area contributed by atoms with Crippen LogP contribution in [-0.4, -0.2) is 36.9 Å². The second-order valence-corrected chi connectivity index (χ2v) is 8.02. The number of likely N-dealkylation sites (N-methyl/N-ethyl adjacent to an activating group) is 1. The number of carbonyl (C=O) groups is 2. The van der Waals surface area contributed by atoms with Crippen molar-refractivity contribution in [2.24, 2.45) is 0 Å². The molecule has 2 aromatic carbocycles. The van der Waals surface area contributed by atoms with Crippen molar-refractivity contribution in [3.63, 3.8) is 0 Å². The Morgan fingerprint density at radius 1 is 1.17 bits per heavy atom. The third-order valence-corrected chi connectivity index (χ3v) is 5.80. The zero-order valence-corrected chi connectivity index (χ0v) is 18.0. The minimum absolute atomic E-state index is 0.148. The number of nitrogens with zero attached hydrogens (tertiary/aromatic N) is 1. The topological polar surface area (TPSA) is 58.6 Å². The molecule has 0 spiro atoms. The highest BCUT2D eigenvalue weighted by molar-refractivity contribution is 7.18. The van der Waals surface area contributed by atoms with E-state index < -0.39 is 5.82 Å². The standard InChI is InChI=1S/C22H20ClFN2O3S/c1-14-13-19(25-21(27)15-7-3-4-8-16(15)23)30-20(14)22(28)26(2)11-12-29-18-10-6-5-9-17(18)24/h3-10,13H,11-12H2,1-2H3,(H,25,27). The van der Waals surface area contributed by atoms with Crippen molar-refractivity contribution >= 4 is 39.8 Å². The molecule has 156 valence electrons. The van der Waals surface area contributed by atoms with Crippen molar-refractivity contribution in [2.45, 2.75) is 6.92 Å². The average Bonchev–Trinajstić information content (AvgIpc) is 3.08. The van der Waals surface area contributed by atoms with E-state index in [1.54, 1.807) is 56.4 Å². The Balaban J connectivity index is 1.61. The molecule has 3 aromatic rings. The van der Waals surface area contributed by atoms with Crippen LogP contribution in [0.25, 0.3) is 0 Å². The first-order valence-corrected chi connectivity index (χ1v) is 10.4. The Hall–Kier alpha value is -2.90. The minimum Gasteiger partial charge on any atom is -0.489 e. The van der Waals surface area contributed by atoms with E-state index in [1.807, 2.05) is 0 Å². The van der Waals surface area contributed by atoms with Crippen LogP contribution in [0.2, 0.25) is 5.02 Å². The molecular formula is C22H20ClFN2O3S. The van der Waals surface area contributed by atoms with Crippen LogP contribution >= 0.6 is 22.9 Å². The van der Waals surface area contributed by atoms with Gasteiger partial charge in [-0.1, -0.05) is 35.9 Å². The molecule has 2 amide bonds. The third kappa shape index (κ3) is 5.17. The Morgan fingerprint density at radius 3 is 2.60 bits per heavy atom. The van der Waals surface area contributed by atoms with Gasteiger partial charge in [0.25, 0.3) is 11.8 Å². The predicted molar refractivity (Wildman–Crippen MR) is 117 cm³/mol. The van der Waals surface area contributed by atoms with E-state index in [-0.39, 0.29) is 30.7 Å². The normalized spacial score (nSPS) is 10.5. The van der Waals surface area contributed by atoms with Crippen molar-refractivity contribution in [2.75, 3.05) is 25.5 Å². The zero-order valence-electron chi connectivity index (χ0n) is 16.4. The SMILES string of the molecule is Cc1cc(NC(=O)c2ccccc2Cl)sc1C(=O)N(C)CCOc1ccccc1F. The Labute approximate surface area is 183 Å². The number of rotatable bonds is 7. The summed E-state index contributed by atoms with van der Waals surface area (Å²) in [7, 11) is 1.65. The molecule has 0 aliphatic heterocycles. The van der Waals surface area contributed by atoms with E-state index in [0.29, 0.717) is 20.5 Å². The van der Waals surface area contributed by atoms with Gasteiger partial charge in [-0.3, -0.25) is 9.59 Å². The number of benzene rings is 2. The van der Waals surface area contributed by atoms with E-state index in [1.165, 1.54) is 28.4 Å². The lowest BCUT2D eigenvalue weighted by atomic mass is 10.2. The van der Waals surface area contributed by atoms with Crippen LogP contribution < -0.4 is 10.1 Å². The Kier molecular flexibility index (Phi) is 7.07. The molecule has 1 N–H and O–H groups in total. The number of hydrogen-bond acceptors (Lipinski definition) is 4. The molecule has 1 heterocycles. The van der Waals surface area contributed by atoms with Crippen LogP contribution in [0, 0.1) is 12.7 Å². The number of carbonyl (C=O) groups excluding carboxylic acids is 2. The maximum Gasteiger partial charge on any atom is 0.264 e. The van der Waals surface area contributed by atoms with Gasteiger partial charge in [-0.2, -0.15) is 0 Å². The number of nitrogens with one attached hydrogen (secondary N) is 1. The van der Waals surface area contributed by atoms with Crippen molar-refractivity contribution in [1.29, 1.82) is 0 Å². The van der Waals surface area contributed by atoms with Crippen LogP contribution in [0.5, 0.6) is 5.75 Å². The molecule has 0 aliphatic rings. The predicted octanol–water partition coefficient (Wildman–Crippen LogP) is 5.25. The van der Waals surface area contributed by atoms with E-state index in [0.717, 1.165) is 5.56 Å². The van der Waals surface area contributed by atoms with E-state index >= 15 is 0 Å². The van der Waals surface area contributed by atoms with Gasteiger partial charge in [-0.25, -0.2) is 4.39 Å². The fraction of sp³-hybridized carbons (Fsp3) is 0.182. The van der Waals surface area contributed by atoms with Crippen LogP contribution in [0.4, 0.5) is 9.39 Å². The summed E-state index contributed by atoms with van der Waals surface area (Å²) in [5, 5.41) is 3.69. The number of thiophene rings is 1. The Bertz CT molecular complexity index is 1070. The molecule has 0 fully saturated rings. The molecule has 30 heavy (non-hydrogen) atoms. The maximum atomic E-state index is 13.6. The van der Waals surface area contributed by atoms with Crippen molar-refractivity contribution in [3.8, 4) is 5.75 Å². The summed E-state index contributed by atoms with van der Waals surface area (Å²) >= 11 is 7.25. The summed E-state index contributed by atoms with van der Waals surface area (Å²) in [6.45, 7) is 2.24. The fourth-order valence-electron chi connectivity index (χ4n) is 2.71. The summed E-state index contributed by atoms with van der Waals surface area (Å²) in [6, 6.07) is 14.6. The monoisotopic (exact) mass is 446 g/mol. The molecule has 0 bridgehead atoms. The molecule has 0 atom stereocenters. The first kappa shape index (κ1) is 21.8. The van der Waals surface area contributed by atoms with Gasteiger partial charge in [-0.15, -0.1) is 11.3 Å². The summed E-state index contributed by atoms with van der Waals surface area (Å²) in [5.41, 5.74) is 1.11. The minimum atomic E-state index is -0.445. The number of amides is 2. The summed E-state index contributed by atoms with van der Waals surface area (Å²) < 4.78 is 19.0. The van der Waals surface area contributed by atoms with Gasteiger partial charge in [0.2, 0.25) is 0 Å². The van der Waals surface area contributed by atoms with Crippen LogP contribution in [0.15, 0.2) is 54.6 Å². The van der Waals surface area contributed by atoms with Crippen LogP contribution in [-0.2, 0) is 0 Å². The molecule has 8 heteroatoms. The van der Waals surface area contributed by atoms with Gasteiger partial charge in [0.1, 0.15) is 6.61 Å². The number of hydrogen-bond donors (Lipinski definition) is 1. The molecule has 3 rings (SSSR count). The lowest BCUT2D eigenvalue weighted by Gasteiger charge is -2.17. The number of para-hydroxylation sites is 1. The van der Waals surface area contributed by atoms with Crippen LogP contribution in [0.1, 0.15) is 25.6 Å². The van der Waals surface area contributed by atoms with E-state index in [2.05, 4.69) is 5.32 Å². The lowest BCUT2D eigenvalue weighted by Crippen LogP contribution is -2.30. The highest BCUT2D eigenvalue weighted by Crippen LogP contribution is 2.29. The van der Waals surface area contributed by atoms with Gasteiger partial charge in [-0.05, 0) is 42.8 Å². The fourth-order valence-corrected chi connectivity index (χ4v) is 3.99. The molecule has 0 unspecified atom stereocenters. The van der Waals surface area contributed by atoms with Gasteiger partial charge < -0.3 is 15.0 Å². The first-order chi connectivity index (χ1) is 14.4. The quantitative estimate of drug-likeness (QED) is 0.539. The average molecular weight is 447 g/mol. The second kappa shape index (κ2) is 9.73. The molecule has 1 aromatic heterocycles. The number of anilines is 1. The number of aryl methyl sites for hydroxylation is 1. The third-order valence-electron chi connectivity index (χ3n) is 4.33. The second-order valence-electron chi connectivity index (χ2n) is 6.56. The lowest BCUT2D eigenvalue weighted by molar-refractivity contribution is 0.0777. The van der Waals surface area contributed by atoms with Gasteiger partial charge in [0.15, 0.2) is 11.6 Å². The van der Waals surface area contributed by atoms with Gasteiger partial charge in [0, 0.05) is 7.05 Å². The Morgan fingerprint density at radius 2 is 1.87 bits per heavy atom. The van der Waals surface area contributed by atoms with Crippen molar-refractivity contribution in [3.05, 3.63) is 81.4 Å². The molecule has 0 radical (unpaired) electrons. The van der Waals surface area contributed by atoms with Crippen molar-refractivity contribution < 1.29 is 18.7 Å². The number of ether oxygens (including phenoxy) is 1. The zero-order chi connectivity index (χ0) is 21.7. The molecular weight excluding hydrogens is 427 g/mol. The van der Waals surface area contributed by atoms with Gasteiger partial charge >= 0.3 is 0 Å². The van der Waals surface area contributed by atoms with Crippen molar-refractivity contribution in [1.82, 2.24) is 4.90 Å². The highest BCUT2D eigenvalue weighted by atomic mass is 35.5. The van der Waals surface area contributed by atoms with E-state index in [4.69, 9.17) is 16.3 Å². The largest absolute Gasteiger partial charge is 0.489 e. The van der Waals surface area contributed by atoms with E-state index in [9.17, 15) is 14.0 Å². The molecule has 0 saturated carbocycles. The molecule has 0 saturated heterocycles. The first-order valence-electron chi connectivity index (χ1n) is 9.16. The number of halogens is 2. The van der Waals surface area contributed by atoms with Crippen LogP contribution in [0.3, 0.4) is 0 Å². The summed E-state index contributed by atoms with van der Waals surface area (Å²) in [4.78, 5) is 27.2. The maximum absolute atomic E-state index is 13.6. The summed E-state index contributed by atoms with van der Waals surface area (Å²) in [6.07, 6.45) is 0. The summed E-state index contributed by atoms with van der Waals surface area (Å²) in [5.74, 6) is -0.838. The smallest absolute Gasteiger partial charge is 0.264 e. The van der Waals surface area contributed by atoms with Gasteiger partial charge in [0.05, 0.1) is 27.0 Å².